The summed E-state index contributed by atoms with van der Waals surface area (Å²) in [5, 5.41) is 0. The van der Waals surface area contributed by atoms with Crippen LogP contribution in [0.15, 0.2) is 60.7 Å². The maximum atomic E-state index is 11.6. The zero-order valence-electron chi connectivity index (χ0n) is 15.2. The minimum absolute atomic E-state index is 0.207. The molecule has 0 heterocycles. The van der Waals surface area contributed by atoms with Crippen molar-refractivity contribution in [1.82, 2.24) is 0 Å². The predicted octanol–water partition coefficient (Wildman–Crippen LogP) is 4.82. The normalized spacial score (nSPS) is 11.0. The third kappa shape index (κ3) is 4.70. The third-order valence-corrected chi connectivity index (χ3v) is 3.98. The molecule has 4 nitrogen and oxygen atoms in total. The van der Waals surface area contributed by atoms with E-state index < -0.39 is 5.97 Å². The first kappa shape index (κ1) is 18.7. The van der Waals surface area contributed by atoms with Crippen molar-refractivity contribution in [3.05, 3.63) is 71.8 Å². The molecule has 0 aliphatic rings. The molecule has 0 saturated carbocycles. The first-order valence-electron chi connectivity index (χ1n) is 8.23. The molecule has 0 fully saturated rings. The molecule has 2 aromatic rings. The Morgan fingerprint density at radius 1 is 0.960 bits per heavy atom. The van der Waals surface area contributed by atoms with Gasteiger partial charge in [0.2, 0.25) is 0 Å². The Balaban J connectivity index is 2.15. The number of esters is 1. The highest BCUT2D eigenvalue weighted by molar-refractivity contribution is 5.88. The molecule has 4 heteroatoms. The van der Waals surface area contributed by atoms with Crippen LogP contribution in [0.2, 0.25) is 0 Å². The first-order chi connectivity index (χ1) is 11.8. The van der Waals surface area contributed by atoms with E-state index in [0.29, 0.717) is 23.7 Å². The van der Waals surface area contributed by atoms with Gasteiger partial charge in [0.1, 0.15) is 5.75 Å². The quantitative estimate of drug-likeness (QED) is 0.238. The monoisotopic (exact) mass is 340 g/mol. The van der Waals surface area contributed by atoms with Crippen molar-refractivity contribution in [3.63, 3.8) is 0 Å². The molecule has 0 aliphatic carbocycles. The van der Waals surface area contributed by atoms with Crippen LogP contribution in [0.4, 0.5) is 0 Å². The fourth-order valence-electron chi connectivity index (χ4n) is 2.35. The number of carbonyl (C=O) groups excluding carboxylic acids is 1. The fraction of sp³-hybridized carbons (Fsp3) is 0.286. The van der Waals surface area contributed by atoms with Crippen LogP contribution in [0.1, 0.15) is 38.8 Å². The fourth-order valence-corrected chi connectivity index (χ4v) is 2.35. The zero-order valence-corrected chi connectivity index (χ0v) is 15.2. The Bertz CT molecular complexity index is 727. The van der Waals surface area contributed by atoms with E-state index in [1.165, 1.54) is 0 Å². The number of ether oxygens (including phenoxy) is 1. The van der Waals surface area contributed by atoms with Gasteiger partial charge in [-0.15, -0.1) is 0 Å². The number of rotatable bonds is 7. The second-order valence-electron chi connectivity index (χ2n) is 6.33. The summed E-state index contributed by atoms with van der Waals surface area (Å²) < 4.78 is 5.23. The number of hydrogen-bond acceptors (Lipinski definition) is 4. The molecule has 0 aliphatic heterocycles. The summed E-state index contributed by atoms with van der Waals surface area (Å²) in [6.07, 6.45) is 0. The minimum Gasteiger partial charge on any atom is -0.423 e. The van der Waals surface area contributed by atoms with Crippen LogP contribution in [-0.4, -0.2) is 12.6 Å². The van der Waals surface area contributed by atoms with E-state index >= 15 is 0 Å². The summed E-state index contributed by atoms with van der Waals surface area (Å²) in [6.45, 7) is 11.8. The molecule has 132 valence electrons. The second-order valence-corrected chi connectivity index (χ2v) is 6.33. The summed E-state index contributed by atoms with van der Waals surface area (Å²) in [6, 6.07) is 15.3. The van der Waals surface area contributed by atoms with Gasteiger partial charge in [-0.25, -0.2) is 4.79 Å². The molecule has 0 saturated heterocycles. The van der Waals surface area contributed by atoms with Gasteiger partial charge in [-0.05, 0) is 49.2 Å². The van der Waals surface area contributed by atoms with E-state index in [0.717, 1.165) is 11.1 Å². The van der Waals surface area contributed by atoms with Gasteiger partial charge in [0.15, 0.2) is 5.75 Å². The van der Waals surface area contributed by atoms with Crippen LogP contribution in [0.3, 0.4) is 0 Å². The molecule has 2 rings (SSSR count). The number of carbonyl (C=O) groups is 1. The van der Waals surface area contributed by atoms with Crippen molar-refractivity contribution >= 4 is 5.97 Å². The van der Waals surface area contributed by atoms with Crippen LogP contribution in [0.25, 0.3) is 0 Å². The van der Waals surface area contributed by atoms with Gasteiger partial charge in [-0.3, -0.25) is 0 Å². The van der Waals surface area contributed by atoms with E-state index in [1.54, 1.807) is 19.1 Å². The van der Waals surface area contributed by atoms with Crippen LogP contribution in [-0.2, 0) is 15.1 Å². The molecular formula is C21H24O4. The summed E-state index contributed by atoms with van der Waals surface area (Å²) in [5.74, 6) is 0.758. The molecule has 0 atom stereocenters. The molecule has 0 bridgehead atoms. The summed E-state index contributed by atoms with van der Waals surface area (Å²) in [7, 11) is 0. The lowest BCUT2D eigenvalue weighted by Gasteiger charge is -2.26. The molecule has 2 aromatic carbocycles. The lowest BCUT2D eigenvalue weighted by molar-refractivity contribution is -0.202. The summed E-state index contributed by atoms with van der Waals surface area (Å²) in [5.41, 5.74) is 2.42. The minimum atomic E-state index is -0.420. The van der Waals surface area contributed by atoms with Crippen molar-refractivity contribution in [3.8, 4) is 11.5 Å². The first-order valence-corrected chi connectivity index (χ1v) is 8.23. The van der Waals surface area contributed by atoms with Crippen LogP contribution >= 0.6 is 0 Å². The van der Waals surface area contributed by atoms with E-state index in [9.17, 15) is 4.79 Å². The van der Waals surface area contributed by atoms with E-state index in [1.807, 2.05) is 43.3 Å². The van der Waals surface area contributed by atoms with Gasteiger partial charge in [0.05, 0.1) is 6.61 Å². The molecular weight excluding hydrogens is 316 g/mol. The maximum Gasteiger partial charge on any atom is 0.338 e. The molecule has 0 unspecified atom stereocenters. The molecule has 0 spiro atoms. The Kier molecular flexibility index (Phi) is 5.99. The van der Waals surface area contributed by atoms with Crippen molar-refractivity contribution in [2.45, 2.75) is 33.1 Å². The number of hydrogen-bond donors (Lipinski definition) is 0. The van der Waals surface area contributed by atoms with Gasteiger partial charge in [0, 0.05) is 11.0 Å². The average Bonchev–Trinajstić information content (AvgIpc) is 2.60. The standard InChI is InChI=1S/C21H24O4/c1-6-23-25-19-13-9-17(10-14-19)21(4,5)16-7-11-18(12-8-16)24-20(22)15(2)3/h7-14H,2,6H2,1,3-5H3. The Morgan fingerprint density at radius 3 is 1.88 bits per heavy atom. The van der Waals surface area contributed by atoms with Crippen LogP contribution in [0.5, 0.6) is 11.5 Å². The Morgan fingerprint density at radius 2 is 1.44 bits per heavy atom. The smallest absolute Gasteiger partial charge is 0.338 e. The van der Waals surface area contributed by atoms with Crippen molar-refractivity contribution < 1.29 is 19.3 Å². The van der Waals surface area contributed by atoms with Gasteiger partial charge < -0.3 is 9.62 Å². The predicted molar refractivity (Wildman–Crippen MR) is 97.7 cm³/mol. The van der Waals surface area contributed by atoms with E-state index in [4.69, 9.17) is 14.5 Å². The summed E-state index contributed by atoms with van der Waals surface area (Å²) in [4.78, 5) is 21.7. The third-order valence-electron chi connectivity index (χ3n) is 3.98. The summed E-state index contributed by atoms with van der Waals surface area (Å²) >= 11 is 0. The van der Waals surface area contributed by atoms with Crippen molar-refractivity contribution in [2.24, 2.45) is 0 Å². The lowest BCUT2D eigenvalue weighted by atomic mass is 9.78. The highest BCUT2D eigenvalue weighted by atomic mass is 17.2. The SMILES string of the molecule is C=C(C)C(=O)Oc1ccc(C(C)(C)c2ccc(OOCC)cc2)cc1. The topological polar surface area (TPSA) is 44.8 Å². The molecule has 0 aromatic heterocycles. The van der Waals surface area contributed by atoms with E-state index in [2.05, 4.69) is 20.4 Å². The largest absolute Gasteiger partial charge is 0.423 e. The van der Waals surface area contributed by atoms with Gasteiger partial charge in [-0.1, -0.05) is 44.7 Å². The second kappa shape index (κ2) is 7.99. The Hall–Kier alpha value is -2.59. The number of benzene rings is 2. The van der Waals surface area contributed by atoms with Gasteiger partial charge >= 0.3 is 5.97 Å². The van der Waals surface area contributed by atoms with Crippen molar-refractivity contribution in [2.75, 3.05) is 6.61 Å². The van der Waals surface area contributed by atoms with Crippen molar-refractivity contribution in [1.29, 1.82) is 0 Å². The van der Waals surface area contributed by atoms with Gasteiger partial charge in [-0.2, -0.15) is 4.89 Å². The zero-order chi connectivity index (χ0) is 18.4. The molecule has 0 amide bonds. The average molecular weight is 340 g/mol. The lowest BCUT2D eigenvalue weighted by Crippen LogP contribution is -2.18. The highest BCUT2D eigenvalue weighted by Gasteiger charge is 2.23. The molecule has 25 heavy (non-hydrogen) atoms. The molecule has 0 radical (unpaired) electrons. The maximum absolute atomic E-state index is 11.6. The highest BCUT2D eigenvalue weighted by Crippen LogP contribution is 2.33. The van der Waals surface area contributed by atoms with E-state index in [-0.39, 0.29) is 5.41 Å². The van der Waals surface area contributed by atoms with Crippen LogP contribution in [0, 0.1) is 0 Å². The molecule has 0 N–H and O–H groups in total. The van der Waals surface area contributed by atoms with Crippen LogP contribution < -0.4 is 9.62 Å². The van der Waals surface area contributed by atoms with Gasteiger partial charge in [0.25, 0.3) is 0 Å². The Labute approximate surface area is 149 Å².